The lowest BCUT2D eigenvalue weighted by molar-refractivity contribution is -0.123. The Bertz CT molecular complexity index is 397. The van der Waals surface area contributed by atoms with E-state index in [1.807, 2.05) is 24.3 Å². The molecule has 0 spiro atoms. The zero-order valence-electron chi connectivity index (χ0n) is 10.9. The number of nitrogens with two attached hydrogens (primary N) is 1. The van der Waals surface area contributed by atoms with Crippen LogP contribution in [0.3, 0.4) is 0 Å². The Balaban J connectivity index is 2.18. The van der Waals surface area contributed by atoms with Crippen molar-refractivity contribution in [3.05, 3.63) is 28.7 Å². The van der Waals surface area contributed by atoms with E-state index in [-0.39, 0.29) is 18.4 Å². The molecule has 5 nitrogen and oxygen atoms in total. The Morgan fingerprint density at radius 2 is 2.32 bits per heavy atom. The van der Waals surface area contributed by atoms with E-state index in [9.17, 15) is 4.79 Å². The van der Waals surface area contributed by atoms with Gasteiger partial charge in [0.15, 0.2) is 0 Å². The molecule has 106 valence electrons. The van der Waals surface area contributed by atoms with Gasteiger partial charge in [0.25, 0.3) is 0 Å². The van der Waals surface area contributed by atoms with Gasteiger partial charge in [-0.1, -0.05) is 22.0 Å². The third-order valence-electron chi connectivity index (χ3n) is 2.50. The Kier molecular flexibility index (Phi) is 7.47. The molecule has 0 saturated heterocycles. The number of nitrogens with one attached hydrogen (secondary N) is 1. The van der Waals surface area contributed by atoms with Crippen LogP contribution in [0.25, 0.3) is 0 Å². The van der Waals surface area contributed by atoms with Gasteiger partial charge in [-0.2, -0.15) is 0 Å². The fourth-order valence-electron chi connectivity index (χ4n) is 1.46. The molecule has 6 heteroatoms. The molecule has 0 saturated carbocycles. The van der Waals surface area contributed by atoms with Crippen molar-refractivity contribution in [2.24, 2.45) is 5.73 Å². The number of ether oxygens (including phenoxy) is 2. The van der Waals surface area contributed by atoms with Gasteiger partial charge in [0, 0.05) is 18.1 Å². The minimum atomic E-state index is -0.231. The van der Waals surface area contributed by atoms with Gasteiger partial charge < -0.3 is 20.5 Å². The molecule has 1 aromatic rings. The lowest BCUT2D eigenvalue weighted by Gasteiger charge is -2.12. The maximum Gasteiger partial charge on any atom is 0.222 e. The number of amides is 1. The van der Waals surface area contributed by atoms with Gasteiger partial charge in [0.2, 0.25) is 5.91 Å². The molecule has 1 atom stereocenters. The molecule has 3 N–H and O–H groups in total. The average molecular weight is 331 g/mol. The number of methoxy groups -OCH3 is 1. The van der Waals surface area contributed by atoms with Crippen molar-refractivity contribution in [1.29, 1.82) is 0 Å². The summed E-state index contributed by atoms with van der Waals surface area (Å²) >= 11 is 3.36. The molecule has 19 heavy (non-hydrogen) atoms. The first-order valence-corrected chi connectivity index (χ1v) is 6.83. The average Bonchev–Trinajstić information content (AvgIpc) is 2.41. The number of hydrogen-bond donors (Lipinski definition) is 2. The quantitative estimate of drug-likeness (QED) is 0.705. The number of benzene rings is 1. The fraction of sp³-hybridized carbons (Fsp3) is 0.462. The normalized spacial score (nSPS) is 11.9. The van der Waals surface area contributed by atoms with Crippen LogP contribution in [-0.2, 0) is 9.53 Å². The van der Waals surface area contributed by atoms with E-state index < -0.39 is 0 Å². The highest BCUT2D eigenvalue weighted by Crippen LogP contribution is 2.17. The minimum absolute atomic E-state index is 0.0878. The van der Waals surface area contributed by atoms with Crippen LogP contribution in [-0.4, -0.2) is 38.8 Å². The maximum atomic E-state index is 11.5. The molecule has 0 radical (unpaired) electrons. The van der Waals surface area contributed by atoms with Crippen LogP contribution < -0.4 is 15.8 Å². The SMILES string of the molecule is COC(CN)CC(=O)NCCOc1cccc(Br)c1. The summed E-state index contributed by atoms with van der Waals surface area (Å²) in [4.78, 5) is 11.5. The highest BCUT2D eigenvalue weighted by atomic mass is 79.9. The van der Waals surface area contributed by atoms with Crippen molar-refractivity contribution in [3.8, 4) is 5.75 Å². The third-order valence-corrected chi connectivity index (χ3v) is 2.99. The van der Waals surface area contributed by atoms with Crippen LogP contribution in [0.1, 0.15) is 6.42 Å². The van der Waals surface area contributed by atoms with E-state index in [2.05, 4.69) is 21.2 Å². The van der Waals surface area contributed by atoms with E-state index in [0.717, 1.165) is 10.2 Å². The van der Waals surface area contributed by atoms with Crippen LogP contribution in [0.2, 0.25) is 0 Å². The zero-order valence-corrected chi connectivity index (χ0v) is 12.5. The van der Waals surface area contributed by atoms with Gasteiger partial charge >= 0.3 is 0 Å². The van der Waals surface area contributed by atoms with E-state index in [1.54, 1.807) is 7.11 Å². The van der Waals surface area contributed by atoms with Gasteiger partial charge in [-0.15, -0.1) is 0 Å². The number of halogens is 1. The van der Waals surface area contributed by atoms with E-state index in [1.165, 1.54) is 0 Å². The molecule has 0 aliphatic rings. The maximum absolute atomic E-state index is 11.5. The molecule has 0 bridgehead atoms. The second-order valence-corrected chi connectivity index (χ2v) is 4.87. The summed E-state index contributed by atoms with van der Waals surface area (Å²) in [6.07, 6.45) is 0.0372. The first-order chi connectivity index (χ1) is 9.15. The monoisotopic (exact) mass is 330 g/mol. The third kappa shape index (κ3) is 6.56. The molecule has 0 aliphatic heterocycles. The topological polar surface area (TPSA) is 73.6 Å². The molecule has 1 amide bonds. The number of rotatable bonds is 8. The van der Waals surface area contributed by atoms with Crippen molar-refractivity contribution in [2.75, 3.05) is 26.8 Å². The van der Waals surface area contributed by atoms with Crippen molar-refractivity contribution in [2.45, 2.75) is 12.5 Å². The summed E-state index contributed by atoms with van der Waals surface area (Å²) in [5.74, 6) is 0.676. The van der Waals surface area contributed by atoms with Crippen LogP contribution >= 0.6 is 15.9 Å². The zero-order chi connectivity index (χ0) is 14.1. The van der Waals surface area contributed by atoms with Crippen LogP contribution in [0.5, 0.6) is 5.75 Å². The molecular formula is C13H19BrN2O3. The Labute approximate surface area is 121 Å². The largest absolute Gasteiger partial charge is 0.492 e. The van der Waals surface area contributed by atoms with Crippen LogP contribution in [0.15, 0.2) is 28.7 Å². The smallest absolute Gasteiger partial charge is 0.222 e. The molecule has 0 heterocycles. The predicted octanol–water partition coefficient (Wildman–Crippen LogP) is 1.31. The summed E-state index contributed by atoms with van der Waals surface area (Å²) in [5, 5.41) is 2.76. The van der Waals surface area contributed by atoms with Gasteiger partial charge in [-0.05, 0) is 18.2 Å². The van der Waals surface area contributed by atoms with E-state index in [0.29, 0.717) is 19.7 Å². The molecule has 0 aliphatic carbocycles. The van der Waals surface area contributed by atoms with E-state index >= 15 is 0 Å². The summed E-state index contributed by atoms with van der Waals surface area (Å²) in [5.41, 5.74) is 5.44. The fourth-order valence-corrected chi connectivity index (χ4v) is 1.84. The van der Waals surface area contributed by atoms with Gasteiger partial charge in [0.1, 0.15) is 12.4 Å². The van der Waals surface area contributed by atoms with Gasteiger partial charge in [-0.25, -0.2) is 0 Å². The molecule has 1 rings (SSSR count). The number of hydrogen-bond acceptors (Lipinski definition) is 4. The molecule has 1 unspecified atom stereocenters. The number of carbonyl (C=O) groups is 1. The Hall–Kier alpha value is -1.11. The first-order valence-electron chi connectivity index (χ1n) is 6.03. The van der Waals surface area contributed by atoms with Crippen LogP contribution in [0.4, 0.5) is 0 Å². The Morgan fingerprint density at radius 1 is 1.53 bits per heavy atom. The van der Waals surface area contributed by atoms with Gasteiger partial charge in [-0.3, -0.25) is 4.79 Å². The second-order valence-electron chi connectivity index (χ2n) is 3.95. The Morgan fingerprint density at radius 3 is 2.95 bits per heavy atom. The highest BCUT2D eigenvalue weighted by molar-refractivity contribution is 9.10. The van der Waals surface area contributed by atoms with Crippen molar-refractivity contribution in [3.63, 3.8) is 0 Å². The highest BCUT2D eigenvalue weighted by Gasteiger charge is 2.10. The summed E-state index contributed by atoms with van der Waals surface area (Å²) in [7, 11) is 1.54. The lowest BCUT2D eigenvalue weighted by Crippen LogP contribution is -2.34. The molecule has 1 aromatic carbocycles. The van der Waals surface area contributed by atoms with Crippen LogP contribution in [0, 0.1) is 0 Å². The number of carbonyl (C=O) groups excluding carboxylic acids is 1. The molecular weight excluding hydrogens is 312 g/mol. The summed E-state index contributed by atoms with van der Waals surface area (Å²) < 4.78 is 11.5. The first kappa shape index (κ1) is 15.9. The minimum Gasteiger partial charge on any atom is -0.492 e. The summed E-state index contributed by atoms with van der Waals surface area (Å²) in [6.45, 7) is 1.20. The van der Waals surface area contributed by atoms with E-state index in [4.69, 9.17) is 15.2 Å². The van der Waals surface area contributed by atoms with Crippen molar-refractivity contribution >= 4 is 21.8 Å². The predicted molar refractivity (Wildman–Crippen MR) is 77.1 cm³/mol. The standard InChI is InChI=1S/C13H19BrN2O3/c1-18-12(9-15)8-13(17)16-5-6-19-11-4-2-3-10(14)7-11/h2-4,7,12H,5-6,8-9,15H2,1H3,(H,16,17). The van der Waals surface area contributed by atoms with Gasteiger partial charge in [0.05, 0.1) is 19.1 Å². The van der Waals surface area contributed by atoms with Crippen molar-refractivity contribution < 1.29 is 14.3 Å². The molecule has 0 fully saturated rings. The van der Waals surface area contributed by atoms with Crippen molar-refractivity contribution in [1.82, 2.24) is 5.32 Å². The summed E-state index contributed by atoms with van der Waals surface area (Å²) in [6, 6.07) is 7.55. The second kappa shape index (κ2) is 8.90. The molecule has 0 aromatic heterocycles. The lowest BCUT2D eigenvalue weighted by atomic mass is 10.2.